The van der Waals surface area contributed by atoms with Crippen molar-refractivity contribution < 1.29 is 14.3 Å². The van der Waals surface area contributed by atoms with Gasteiger partial charge in [0.1, 0.15) is 11.8 Å². The Kier molecular flexibility index (Phi) is 8.21. The topological polar surface area (TPSA) is 93.2 Å². The maximum Gasteiger partial charge on any atom is 0.321 e. The SMILES string of the molecule is CSCCC(NC(=O)c1cccc(C)c1)C(=O)Nc1ccc(Oc2ncccn2)cc1C. The van der Waals surface area contributed by atoms with E-state index in [0.717, 1.165) is 16.9 Å². The van der Waals surface area contributed by atoms with Crippen LogP contribution in [0.1, 0.15) is 27.9 Å². The van der Waals surface area contributed by atoms with Crippen molar-refractivity contribution in [1.29, 1.82) is 0 Å². The van der Waals surface area contributed by atoms with Gasteiger partial charge in [-0.05, 0) is 74.2 Å². The number of hydrogen-bond acceptors (Lipinski definition) is 6. The van der Waals surface area contributed by atoms with Crippen LogP contribution < -0.4 is 15.4 Å². The second kappa shape index (κ2) is 11.3. The summed E-state index contributed by atoms with van der Waals surface area (Å²) in [7, 11) is 0. The summed E-state index contributed by atoms with van der Waals surface area (Å²) in [6, 6.07) is 13.9. The first-order chi connectivity index (χ1) is 15.5. The number of nitrogens with zero attached hydrogens (tertiary/aromatic N) is 2. The van der Waals surface area contributed by atoms with E-state index in [1.165, 1.54) is 0 Å². The lowest BCUT2D eigenvalue weighted by molar-refractivity contribution is -0.118. The van der Waals surface area contributed by atoms with E-state index in [2.05, 4.69) is 20.6 Å². The fraction of sp³-hybridized carbons (Fsp3) is 0.250. The van der Waals surface area contributed by atoms with Gasteiger partial charge in [0.2, 0.25) is 5.91 Å². The maximum atomic E-state index is 13.0. The number of carbonyl (C=O) groups excluding carboxylic acids is 2. The number of ether oxygens (including phenoxy) is 1. The molecule has 3 rings (SSSR count). The lowest BCUT2D eigenvalue weighted by Crippen LogP contribution is -2.44. The van der Waals surface area contributed by atoms with Crippen molar-refractivity contribution in [3.05, 3.63) is 77.6 Å². The average molecular weight is 451 g/mol. The molecule has 0 aliphatic carbocycles. The average Bonchev–Trinajstić information content (AvgIpc) is 2.79. The van der Waals surface area contributed by atoms with Gasteiger partial charge in [-0.2, -0.15) is 11.8 Å². The molecule has 0 spiro atoms. The van der Waals surface area contributed by atoms with E-state index in [1.807, 2.05) is 32.2 Å². The van der Waals surface area contributed by atoms with Crippen LogP contribution in [-0.2, 0) is 4.79 Å². The van der Waals surface area contributed by atoms with E-state index in [9.17, 15) is 9.59 Å². The van der Waals surface area contributed by atoms with Gasteiger partial charge in [-0.15, -0.1) is 0 Å². The first-order valence-corrected chi connectivity index (χ1v) is 11.6. The van der Waals surface area contributed by atoms with Gasteiger partial charge in [0.05, 0.1) is 0 Å². The van der Waals surface area contributed by atoms with Crippen molar-refractivity contribution in [2.45, 2.75) is 26.3 Å². The van der Waals surface area contributed by atoms with E-state index in [-0.39, 0.29) is 17.8 Å². The predicted molar refractivity (Wildman–Crippen MR) is 127 cm³/mol. The number of thioether (sulfide) groups is 1. The Morgan fingerprint density at radius 2 is 1.84 bits per heavy atom. The fourth-order valence-corrected chi connectivity index (χ4v) is 3.51. The molecule has 0 aliphatic rings. The van der Waals surface area contributed by atoms with Gasteiger partial charge in [-0.25, -0.2) is 9.97 Å². The van der Waals surface area contributed by atoms with E-state index in [0.29, 0.717) is 23.4 Å². The minimum Gasteiger partial charge on any atom is -0.424 e. The molecule has 32 heavy (non-hydrogen) atoms. The molecule has 0 radical (unpaired) electrons. The number of benzene rings is 2. The Morgan fingerprint density at radius 3 is 2.53 bits per heavy atom. The molecule has 0 bridgehead atoms. The van der Waals surface area contributed by atoms with Gasteiger partial charge >= 0.3 is 6.01 Å². The minimum absolute atomic E-state index is 0.250. The Hall–Kier alpha value is -3.39. The fourth-order valence-electron chi connectivity index (χ4n) is 3.04. The smallest absolute Gasteiger partial charge is 0.321 e. The van der Waals surface area contributed by atoms with Gasteiger partial charge in [-0.1, -0.05) is 17.7 Å². The number of hydrogen-bond donors (Lipinski definition) is 2. The molecule has 2 aromatic carbocycles. The molecule has 0 saturated heterocycles. The standard InChI is InChI=1S/C24H26N4O3S/c1-16-6-4-7-18(14-16)22(29)28-21(10-13-32-3)23(30)27-20-9-8-19(15-17(20)2)31-24-25-11-5-12-26-24/h4-9,11-12,14-15,21H,10,13H2,1-3H3,(H,27,30)(H,28,29). The highest BCUT2D eigenvalue weighted by atomic mass is 32.2. The van der Waals surface area contributed by atoms with Crippen molar-refractivity contribution in [2.24, 2.45) is 0 Å². The molecule has 1 aromatic heterocycles. The Morgan fingerprint density at radius 1 is 1.06 bits per heavy atom. The Labute approximate surface area is 192 Å². The van der Waals surface area contributed by atoms with Crippen LogP contribution in [0.4, 0.5) is 5.69 Å². The molecule has 1 atom stereocenters. The number of nitrogens with one attached hydrogen (secondary N) is 2. The predicted octanol–water partition coefficient (Wildman–Crippen LogP) is 4.38. The van der Waals surface area contributed by atoms with Gasteiger partial charge < -0.3 is 15.4 Å². The first kappa shape index (κ1) is 23.3. The van der Waals surface area contributed by atoms with Crippen LogP contribution in [0.25, 0.3) is 0 Å². The largest absolute Gasteiger partial charge is 0.424 e. The zero-order valence-electron chi connectivity index (χ0n) is 18.3. The third-order valence-corrected chi connectivity index (χ3v) is 5.36. The number of aromatic nitrogens is 2. The van der Waals surface area contributed by atoms with E-state index in [1.54, 1.807) is 60.6 Å². The maximum absolute atomic E-state index is 13.0. The van der Waals surface area contributed by atoms with Crippen LogP contribution in [0, 0.1) is 13.8 Å². The molecular formula is C24H26N4O3S. The summed E-state index contributed by atoms with van der Waals surface area (Å²) in [5.41, 5.74) is 2.99. The second-order valence-corrected chi connectivity index (χ2v) is 8.26. The summed E-state index contributed by atoms with van der Waals surface area (Å²) in [5.74, 6) is 0.787. The number of rotatable bonds is 9. The van der Waals surface area contributed by atoms with Crippen LogP contribution in [-0.4, -0.2) is 39.8 Å². The second-order valence-electron chi connectivity index (χ2n) is 7.28. The number of aryl methyl sites for hydroxylation is 2. The van der Waals surface area contributed by atoms with Crippen LogP contribution in [0.3, 0.4) is 0 Å². The number of amides is 2. The highest BCUT2D eigenvalue weighted by Crippen LogP contribution is 2.24. The lowest BCUT2D eigenvalue weighted by atomic mass is 10.1. The van der Waals surface area contributed by atoms with Gasteiger partial charge in [0.15, 0.2) is 0 Å². The van der Waals surface area contributed by atoms with Crippen molar-refractivity contribution in [1.82, 2.24) is 15.3 Å². The zero-order valence-corrected chi connectivity index (χ0v) is 19.1. The third kappa shape index (κ3) is 6.55. The third-order valence-electron chi connectivity index (χ3n) is 4.72. The first-order valence-electron chi connectivity index (χ1n) is 10.2. The summed E-state index contributed by atoms with van der Waals surface area (Å²) in [4.78, 5) is 33.8. The molecule has 1 heterocycles. The van der Waals surface area contributed by atoms with Crippen molar-refractivity contribution in [3.63, 3.8) is 0 Å². The molecule has 2 amide bonds. The summed E-state index contributed by atoms with van der Waals surface area (Å²) in [6.45, 7) is 3.80. The summed E-state index contributed by atoms with van der Waals surface area (Å²) < 4.78 is 5.64. The number of anilines is 1. The summed E-state index contributed by atoms with van der Waals surface area (Å²) in [5, 5.41) is 5.80. The van der Waals surface area contributed by atoms with Crippen LogP contribution in [0.5, 0.6) is 11.8 Å². The van der Waals surface area contributed by atoms with E-state index in [4.69, 9.17) is 4.74 Å². The Bertz CT molecular complexity index is 1080. The molecule has 0 fully saturated rings. The zero-order chi connectivity index (χ0) is 22.9. The molecule has 0 saturated carbocycles. The monoisotopic (exact) mass is 450 g/mol. The van der Waals surface area contributed by atoms with Crippen LogP contribution >= 0.6 is 11.8 Å². The van der Waals surface area contributed by atoms with Gasteiger partial charge in [-0.3, -0.25) is 9.59 Å². The highest BCUT2D eigenvalue weighted by Gasteiger charge is 2.22. The van der Waals surface area contributed by atoms with Crippen LogP contribution in [0.15, 0.2) is 60.9 Å². The molecule has 7 nitrogen and oxygen atoms in total. The van der Waals surface area contributed by atoms with Gasteiger partial charge in [0.25, 0.3) is 5.91 Å². The molecule has 8 heteroatoms. The summed E-state index contributed by atoms with van der Waals surface area (Å²) >= 11 is 1.63. The van der Waals surface area contributed by atoms with Crippen molar-refractivity contribution in [3.8, 4) is 11.8 Å². The lowest BCUT2D eigenvalue weighted by Gasteiger charge is -2.19. The minimum atomic E-state index is -0.650. The van der Waals surface area contributed by atoms with Crippen molar-refractivity contribution in [2.75, 3.05) is 17.3 Å². The summed E-state index contributed by atoms with van der Waals surface area (Å²) in [6.07, 6.45) is 5.69. The molecule has 0 aliphatic heterocycles. The highest BCUT2D eigenvalue weighted by molar-refractivity contribution is 7.98. The van der Waals surface area contributed by atoms with E-state index >= 15 is 0 Å². The number of carbonyl (C=O) groups is 2. The Balaban J connectivity index is 1.69. The van der Waals surface area contributed by atoms with Gasteiger partial charge in [0, 0.05) is 23.6 Å². The normalized spacial score (nSPS) is 11.5. The molecular weight excluding hydrogens is 424 g/mol. The molecule has 3 aromatic rings. The molecule has 1 unspecified atom stereocenters. The van der Waals surface area contributed by atoms with Crippen LogP contribution in [0.2, 0.25) is 0 Å². The quantitative estimate of drug-likeness (QED) is 0.503. The van der Waals surface area contributed by atoms with Crippen molar-refractivity contribution >= 4 is 29.3 Å². The van der Waals surface area contributed by atoms with E-state index < -0.39 is 6.04 Å². The molecule has 2 N–H and O–H groups in total. The molecule has 166 valence electrons.